The Kier molecular flexibility index (Phi) is 5.70. The minimum Gasteiger partial charge on any atom is -0.324 e. The first-order valence-corrected chi connectivity index (χ1v) is 6.81. The molecule has 0 bridgehead atoms. The number of rotatable bonds is 6. The van der Waals surface area contributed by atoms with E-state index in [0.717, 1.165) is 11.8 Å². The molecule has 1 heteroatoms. The van der Waals surface area contributed by atoms with Gasteiger partial charge >= 0.3 is 0 Å². The molecule has 1 aromatic carbocycles. The zero-order valence-electron chi connectivity index (χ0n) is 11.7. The zero-order valence-corrected chi connectivity index (χ0v) is 11.7. The molecule has 1 aromatic rings. The highest BCUT2D eigenvalue weighted by Crippen LogP contribution is 2.27. The van der Waals surface area contributed by atoms with E-state index in [2.05, 4.69) is 52.0 Å². The fraction of sp³-hybridized carbons (Fsp3) is 0.625. The summed E-state index contributed by atoms with van der Waals surface area (Å²) in [4.78, 5) is 0. The summed E-state index contributed by atoms with van der Waals surface area (Å²) in [5.74, 6) is 2.09. The minimum atomic E-state index is 0.172. The van der Waals surface area contributed by atoms with Crippen LogP contribution >= 0.6 is 0 Å². The summed E-state index contributed by atoms with van der Waals surface area (Å²) in [5, 5.41) is 0. The highest BCUT2D eigenvalue weighted by Gasteiger charge is 2.17. The van der Waals surface area contributed by atoms with Crippen LogP contribution < -0.4 is 5.73 Å². The Labute approximate surface area is 106 Å². The minimum absolute atomic E-state index is 0.172. The van der Waals surface area contributed by atoms with Crippen molar-refractivity contribution in [2.45, 2.75) is 46.6 Å². The third-order valence-electron chi connectivity index (χ3n) is 3.45. The molecule has 3 atom stereocenters. The molecule has 0 fully saturated rings. The highest BCUT2D eigenvalue weighted by atomic mass is 14.6. The van der Waals surface area contributed by atoms with Gasteiger partial charge in [-0.05, 0) is 36.2 Å². The van der Waals surface area contributed by atoms with Gasteiger partial charge in [-0.25, -0.2) is 0 Å². The molecule has 1 nitrogen and oxygen atoms in total. The SMILES string of the molecule is CC(C)CC(C)CC(C)C(N)c1ccccc1. The lowest BCUT2D eigenvalue weighted by molar-refractivity contribution is 0.323. The van der Waals surface area contributed by atoms with Crippen molar-refractivity contribution in [3.05, 3.63) is 35.9 Å². The van der Waals surface area contributed by atoms with Crippen LogP contribution in [0.1, 0.15) is 52.1 Å². The van der Waals surface area contributed by atoms with Gasteiger partial charge in [-0.3, -0.25) is 0 Å². The average Bonchev–Trinajstić information content (AvgIpc) is 2.28. The summed E-state index contributed by atoms with van der Waals surface area (Å²) in [7, 11) is 0. The monoisotopic (exact) mass is 233 g/mol. The Bertz CT molecular complexity index is 305. The number of hydrogen-bond donors (Lipinski definition) is 1. The van der Waals surface area contributed by atoms with Crippen LogP contribution in [0.25, 0.3) is 0 Å². The van der Waals surface area contributed by atoms with Crippen LogP contribution in [0.15, 0.2) is 30.3 Å². The molecular weight excluding hydrogens is 206 g/mol. The van der Waals surface area contributed by atoms with Crippen molar-refractivity contribution in [3.8, 4) is 0 Å². The molecule has 17 heavy (non-hydrogen) atoms. The summed E-state index contributed by atoms with van der Waals surface area (Å²) in [6, 6.07) is 10.6. The van der Waals surface area contributed by atoms with Gasteiger partial charge in [-0.15, -0.1) is 0 Å². The molecule has 0 amide bonds. The van der Waals surface area contributed by atoms with E-state index in [1.54, 1.807) is 0 Å². The van der Waals surface area contributed by atoms with E-state index in [4.69, 9.17) is 5.73 Å². The lowest BCUT2D eigenvalue weighted by Gasteiger charge is -2.24. The third-order valence-corrected chi connectivity index (χ3v) is 3.45. The largest absolute Gasteiger partial charge is 0.324 e. The molecule has 3 unspecified atom stereocenters. The smallest absolute Gasteiger partial charge is 0.0320 e. The van der Waals surface area contributed by atoms with Crippen LogP contribution in [-0.4, -0.2) is 0 Å². The fourth-order valence-electron chi connectivity index (χ4n) is 2.69. The molecule has 0 aliphatic heterocycles. The van der Waals surface area contributed by atoms with Crippen LogP contribution in [0.4, 0.5) is 0 Å². The van der Waals surface area contributed by atoms with Crippen molar-refractivity contribution in [1.82, 2.24) is 0 Å². The van der Waals surface area contributed by atoms with Crippen molar-refractivity contribution >= 4 is 0 Å². The second-order valence-corrected chi connectivity index (χ2v) is 5.88. The lowest BCUT2D eigenvalue weighted by atomic mass is 9.85. The van der Waals surface area contributed by atoms with E-state index in [9.17, 15) is 0 Å². The maximum Gasteiger partial charge on any atom is 0.0320 e. The molecule has 0 aliphatic rings. The van der Waals surface area contributed by atoms with Gasteiger partial charge in [-0.1, -0.05) is 58.0 Å². The van der Waals surface area contributed by atoms with Gasteiger partial charge in [0, 0.05) is 6.04 Å². The molecule has 0 saturated heterocycles. The maximum atomic E-state index is 6.32. The Balaban J connectivity index is 2.50. The number of benzene rings is 1. The lowest BCUT2D eigenvalue weighted by Crippen LogP contribution is -2.21. The predicted molar refractivity (Wildman–Crippen MR) is 75.8 cm³/mol. The van der Waals surface area contributed by atoms with Gasteiger partial charge in [0.2, 0.25) is 0 Å². The topological polar surface area (TPSA) is 26.0 Å². The van der Waals surface area contributed by atoms with Crippen LogP contribution in [0.5, 0.6) is 0 Å². The van der Waals surface area contributed by atoms with E-state index in [0.29, 0.717) is 5.92 Å². The Hall–Kier alpha value is -0.820. The third kappa shape index (κ3) is 4.91. The van der Waals surface area contributed by atoms with Crippen molar-refractivity contribution in [2.75, 3.05) is 0 Å². The molecule has 96 valence electrons. The first-order valence-electron chi connectivity index (χ1n) is 6.81. The van der Waals surface area contributed by atoms with Gasteiger partial charge in [0.25, 0.3) is 0 Å². The van der Waals surface area contributed by atoms with E-state index in [-0.39, 0.29) is 6.04 Å². The molecule has 0 radical (unpaired) electrons. The van der Waals surface area contributed by atoms with Crippen molar-refractivity contribution < 1.29 is 0 Å². The quantitative estimate of drug-likeness (QED) is 0.774. The van der Waals surface area contributed by atoms with Gasteiger partial charge in [0.1, 0.15) is 0 Å². The number of hydrogen-bond acceptors (Lipinski definition) is 1. The fourth-order valence-corrected chi connectivity index (χ4v) is 2.69. The predicted octanol–water partition coefficient (Wildman–Crippen LogP) is 4.39. The Morgan fingerprint density at radius 3 is 2.06 bits per heavy atom. The van der Waals surface area contributed by atoms with Crippen molar-refractivity contribution in [1.29, 1.82) is 0 Å². The molecular formula is C16H27N. The van der Waals surface area contributed by atoms with E-state index < -0.39 is 0 Å². The number of nitrogens with two attached hydrogens (primary N) is 1. The highest BCUT2D eigenvalue weighted by molar-refractivity contribution is 5.18. The van der Waals surface area contributed by atoms with Crippen molar-refractivity contribution in [2.24, 2.45) is 23.5 Å². The Morgan fingerprint density at radius 2 is 1.53 bits per heavy atom. The first-order chi connectivity index (χ1) is 8.00. The van der Waals surface area contributed by atoms with Crippen LogP contribution in [0.2, 0.25) is 0 Å². The van der Waals surface area contributed by atoms with Gasteiger partial charge in [0.15, 0.2) is 0 Å². The summed E-state index contributed by atoms with van der Waals surface area (Å²) in [6.45, 7) is 9.19. The normalized spacial score (nSPS) is 16.8. The molecule has 0 heterocycles. The van der Waals surface area contributed by atoms with Crippen LogP contribution in [-0.2, 0) is 0 Å². The summed E-state index contributed by atoms with van der Waals surface area (Å²) in [5.41, 5.74) is 7.58. The maximum absolute atomic E-state index is 6.32. The van der Waals surface area contributed by atoms with Gasteiger partial charge in [-0.2, -0.15) is 0 Å². The molecule has 1 rings (SSSR count). The summed E-state index contributed by atoms with van der Waals surface area (Å²) < 4.78 is 0. The second-order valence-electron chi connectivity index (χ2n) is 5.88. The molecule has 2 N–H and O–H groups in total. The first kappa shape index (κ1) is 14.2. The molecule has 0 saturated carbocycles. The molecule has 0 aliphatic carbocycles. The van der Waals surface area contributed by atoms with Crippen LogP contribution in [0, 0.1) is 17.8 Å². The summed E-state index contributed by atoms with van der Waals surface area (Å²) >= 11 is 0. The van der Waals surface area contributed by atoms with E-state index >= 15 is 0 Å². The van der Waals surface area contributed by atoms with Crippen LogP contribution in [0.3, 0.4) is 0 Å². The van der Waals surface area contributed by atoms with Gasteiger partial charge in [0.05, 0.1) is 0 Å². The second kappa shape index (κ2) is 6.80. The Morgan fingerprint density at radius 1 is 0.941 bits per heavy atom. The van der Waals surface area contributed by atoms with Crippen molar-refractivity contribution in [3.63, 3.8) is 0 Å². The zero-order chi connectivity index (χ0) is 12.8. The van der Waals surface area contributed by atoms with E-state index in [1.807, 2.05) is 6.07 Å². The molecule has 0 spiro atoms. The van der Waals surface area contributed by atoms with Gasteiger partial charge < -0.3 is 5.73 Å². The average molecular weight is 233 g/mol. The molecule has 0 aromatic heterocycles. The summed E-state index contributed by atoms with van der Waals surface area (Å²) in [6.07, 6.45) is 2.51. The standard InChI is InChI=1S/C16H27N/c1-12(2)10-13(3)11-14(4)16(17)15-8-6-5-7-9-15/h5-9,12-14,16H,10-11,17H2,1-4H3. The van der Waals surface area contributed by atoms with E-state index in [1.165, 1.54) is 18.4 Å².